The topological polar surface area (TPSA) is 60.9 Å². The molecule has 1 atom stereocenters. The Kier molecular flexibility index (Phi) is 5.46. The highest BCUT2D eigenvalue weighted by atomic mass is 32.2. The van der Waals surface area contributed by atoms with Crippen molar-refractivity contribution in [2.24, 2.45) is 0 Å². The van der Waals surface area contributed by atoms with Crippen LogP contribution in [-0.4, -0.2) is 74.2 Å². The lowest BCUT2D eigenvalue weighted by molar-refractivity contribution is -0.137. The van der Waals surface area contributed by atoms with Crippen LogP contribution in [0.4, 0.5) is 0 Å². The van der Waals surface area contributed by atoms with Gasteiger partial charge in [0, 0.05) is 32.7 Å². The Morgan fingerprint density at radius 2 is 1.64 bits per heavy atom. The van der Waals surface area contributed by atoms with Gasteiger partial charge in [0.05, 0.1) is 4.90 Å². The second kappa shape index (κ2) is 7.43. The summed E-state index contributed by atoms with van der Waals surface area (Å²) in [6.07, 6.45) is 2.30. The largest absolute Gasteiger partial charge is 0.339 e. The highest BCUT2D eigenvalue weighted by Crippen LogP contribution is 2.27. The molecule has 0 spiro atoms. The molecule has 3 rings (SSSR count). The molecule has 0 radical (unpaired) electrons. The molecule has 0 aliphatic carbocycles. The molecule has 6 nitrogen and oxygen atoms in total. The minimum Gasteiger partial charge on any atom is -0.339 e. The molecule has 2 fully saturated rings. The molecule has 25 heavy (non-hydrogen) atoms. The number of sulfonamides is 1. The number of piperidine rings is 1. The summed E-state index contributed by atoms with van der Waals surface area (Å²) < 4.78 is 27.6. The first kappa shape index (κ1) is 18.4. The van der Waals surface area contributed by atoms with Crippen LogP contribution in [0.15, 0.2) is 29.2 Å². The molecular weight excluding hydrogens is 338 g/mol. The summed E-state index contributed by atoms with van der Waals surface area (Å²) in [4.78, 5) is 17.3. The van der Waals surface area contributed by atoms with Crippen LogP contribution in [-0.2, 0) is 14.8 Å². The summed E-state index contributed by atoms with van der Waals surface area (Å²) >= 11 is 0. The van der Waals surface area contributed by atoms with E-state index in [1.54, 1.807) is 24.3 Å². The Bertz CT molecular complexity index is 710. The highest BCUT2D eigenvalue weighted by molar-refractivity contribution is 7.89. The van der Waals surface area contributed by atoms with Gasteiger partial charge in [-0.05, 0) is 38.9 Å². The number of rotatable bonds is 3. The molecule has 0 saturated carbocycles. The molecule has 138 valence electrons. The van der Waals surface area contributed by atoms with Gasteiger partial charge in [-0.1, -0.05) is 24.1 Å². The molecule has 0 bridgehead atoms. The summed E-state index contributed by atoms with van der Waals surface area (Å²) in [5, 5.41) is 0. The molecule has 0 aromatic heterocycles. The van der Waals surface area contributed by atoms with Crippen LogP contribution in [0.1, 0.15) is 24.8 Å². The molecule has 2 aliphatic rings. The van der Waals surface area contributed by atoms with Gasteiger partial charge in [0.2, 0.25) is 15.9 Å². The zero-order valence-electron chi connectivity index (χ0n) is 15.0. The van der Waals surface area contributed by atoms with Crippen molar-refractivity contribution in [2.75, 3.05) is 39.8 Å². The number of amides is 1. The van der Waals surface area contributed by atoms with Gasteiger partial charge in [-0.3, -0.25) is 4.79 Å². The molecule has 2 heterocycles. The third-order valence-corrected chi connectivity index (χ3v) is 7.10. The van der Waals surface area contributed by atoms with Gasteiger partial charge in [-0.15, -0.1) is 0 Å². The number of likely N-dealkylation sites (N-methyl/N-ethyl adjacent to an activating group) is 1. The maximum atomic E-state index is 13.1. The van der Waals surface area contributed by atoms with Crippen molar-refractivity contribution in [3.05, 3.63) is 29.8 Å². The molecule has 1 aromatic carbocycles. The first-order chi connectivity index (χ1) is 11.9. The third-order valence-electron chi connectivity index (χ3n) is 5.18. The second-order valence-corrected chi connectivity index (χ2v) is 8.96. The van der Waals surface area contributed by atoms with E-state index in [9.17, 15) is 13.2 Å². The van der Waals surface area contributed by atoms with Gasteiger partial charge < -0.3 is 9.80 Å². The van der Waals surface area contributed by atoms with Crippen molar-refractivity contribution in [2.45, 2.75) is 37.1 Å². The highest BCUT2D eigenvalue weighted by Gasteiger charge is 2.39. The molecule has 1 amide bonds. The van der Waals surface area contributed by atoms with E-state index >= 15 is 0 Å². The zero-order valence-corrected chi connectivity index (χ0v) is 15.8. The summed E-state index contributed by atoms with van der Waals surface area (Å²) in [5.41, 5.74) is 1.02. The Morgan fingerprint density at radius 1 is 1.00 bits per heavy atom. The fourth-order valence-electron chi connectivity index (χ4n) is 3.52. The summed E-state index contributed by atoms with van der Waals surface area (Å²) in [7, 11) is -1.61. The molecule has 0 N–H and O–H groups in total. The van der Waals surface area contributed by atoms with Gasteiger partial charge in [-0.25, -0.2) is 8.42 Å². The van der Waals surface area contributed by atoms with Crippen LogP contribution < -0.4 is 0 Å². The fourth-order valence-corrected chi connectivity index (χ4v) is 5.17. The number of aryl methyl sites for hydroxylation is 1. The fraction of sp³-hybridized carbons (Fsp3) is 0.611. The number of nitrogens with zero attached hydrogens (tertiary/aromatic N) is 3. The van der Waals surface area contributed by atoms with Crippen LogP contribution in [0.2, 0.25) is 0 Å². The van der Waals surface area contributed by atoms with Crippen LogP contribution in [0.5, 0.6) is 0 Å². The predicted octanol–water partition coefficient (Wildman–Crippen LogP) is 1.31. The Balaban J connectivity index is 1.83. The van der Waals surface area contributed by atoms with Gasteiger partial charge >= 0.3 is 0 Å². The van der Waals surface area contributed by atoms with Crippen molar-refractivity contribution in [3.63, 3.8) is 0 Å². The average molecular weight is 365 g/mol. The Hall–Kier alpha value is -1.44. The standard InChI is InChI=1S/C18H27N3O3S/c1-15-6-8-16(9-7-15)25(23,24)21-10-4-3-5-17(21)18(22)20-13-11-19(2)12-14-20/h6-9,17H,3-5,10-14H2,1-2H3/t17-/m1/s1. The molecule has 7 heteroatoms. The van der Waals surface area contributed by atoms with Gasteiger partial charge in [0.15, 0.2) is 0 Å². The maximum absolute atomic E-state index is 13.1. The lowest BCUT2D eigenvalue weighted by Crippen LogP contribution is -2.56. The first-order valence-electron chi connectivity index (χ1n) is 8.95. The number of hydrogen-bond acceptors (Lipinski definition) is 4. The van der Waals surface area contributed by atoms with Crippen LogP contribution in [0.3, 0.4) is 0 Å². The zero-order chi connectivity index (χ0) is 18.0. The van der Waals surface area contributed by atoms with Crippen LogP contribution >= 0.6 is 0 Å². The predicted molar refractivity (Wildman–Crippen MR) is 96.8 cm³/mol. The number of benzene rings is 1. The Morgan fingerprint density at radius 3 is 2.28 bits per heavy atom. The van der Waals surface area contributed by atoms with E-state index in [2.05, 4.69) is 4.90 Å². The number of carbonyl (C=O) groups is 1. The van der Waals surface area contributed by atoms with Crippen molar-refractivity contribution in [1.82, 2.24) is 14.1 Å². The second-order valence-electron chi connectivity index (χ2n) is 7.07. The van der Waals surface area contributed by atoms with Crippen LogP contribution in [0, 0.1) is 6.92 Å². The van der Waals surface area contributed by atoms with Gasteiger partial charge in [-0.2, -0.15) is 4.31 Å². The number of hydrogen-bond donors (Lipinski definition) is 0. The molecule has 0 unspecified atom stereocenters. The van der Waals surface area contributed by atoms with Crippen molar-refractivity contribution >= 4 is 15.9 Å². The molecule has 2 aliphatic heterocycles. The lowest BCUT2D eigenvalue weighted by atomic mass is 10.0. The monoisotopic (exact) mass is 365 g/mol. The van der Waals surface area contributed by atoms with E-state index in [1.807, 2.05) is 18.9 Å². The Labute approximate surface area is 150 Å². The first-order valence-corrected chi connectivity index (χ1v) is 10.4. The maximum Gasteiger partial charge on any atom is 0.243 e. The van der Waals surface area contributed by atoms with E-state index < -0.39 is 16.1 Å². The van der Waals surface area contributed by atoms with Crippen molar-refractivity contribution in [1.29, 1.82) is 0 Å². The molecule has 1 aromatic rings. The lowest BCUT2D eigenvalue weighted by Gasteiger charge is -2.39. The normalized spacial score (nSPS) is 23.6. The quantitative estimate of drug-likeness (QED) is 0.810. The summed E-state index contributed by atoms with van der Waals surface area (Å²) in [5.74, 6) is -0.0384. The van der Waals surface area contributed by atoms with Crippen LogP contribution in [0.25, 0.3) is 0 Å². The average Bonchev–Trinajstić information content (AvgIpc) is 2.62. The third kappa shape index (κ3) is 3.88. The van der Waals surface area contributed by atoms with Crippen molar-refractivity contribution in [3.8, 4) is 0 Å². The smallest absolute Gasteiger partial charge is 0.243 e. The number of carbonyl (C=O) groups excluding carboxylic acids is 1. The van der Waals surface area contributed by atoms with E-state index in [4.69, 9.17) is 0 Å². The van der Waals surface area contributed by atoms with Crippen molar-refractivity contribution < 1.29 is 13.2 Å². The SMILES string of the molecule is Cc1ccc(S(=O)(=O)N2CCCC[C@@H]2C(=O)N2CCN(C)CC2)cc1. The summed E-state index contributed by atoms with van der Waals surface area (Å²) in [6.45, 7) is 5.36. The van der Waals surface area contributed by atoms with E-state index in [0.717, 1.165) is 31.5 Å². The molecular formula is C18H27N3O3S. The van der Waals surface area contributed by atoms with Gasteiger partial charge in [0.1, 0.15) is 6.04 Å². The minimum absolute atomic E-state index is 0.0384. The van der Waals surface area contributed by atoms with Gasteiger partial charge in [0.25, 0.3) is 0 Å². The summed E-state index contributed by atoms with van der Waals surface area (Å²) in [6, 6.07) is 6.30. The molecule has 2 saturated heterocycles. The van der Waals surface area contributed by atoms with E-state index in [-0.39, 0.29) is 10.8 Å². The minimum atomic E-state index is -3.65. The van der Waals surface area contributed by atoms with E-state index in [0.29, 0.717) is 26.1 Å². The number of piperazine rings is 1. The van der Waals surface area contributed by atoms with E-state index in [1.165, 1.54) is 4.31 Å².